The number of carboxylic acid groups (broad SMARTS) is 1. The smallest absolute Gasteiger partial charge is 0.341 e. The van der Waals surface area contributed by atoms with E-state index in [2.05, 4.69) is 0 Å². The Morgan fingerprint density at radius 2 is 1.57 bits per heavy atom. The Bertz CT molecular complexity index is 312. The number of rotatable bonds is 1. The van der Waals surface area contributed by atoms with Crippen molar-refractivity contribution in [3.63, 3.8) is 0 Å². The molecule has 0 aliphatic heterocycles. The van der Waals surface area contributed by atoms with Crippen LogP contribution in [0, 0.1) is 18.6 Å². The minimum Gasteiger partial charge on any atom is -0.477 e. The number of aromatic carboxylic acids is 1. The molecular formula is C10H12F2O2. The SMILES string of the molecule is CC.Cc1cc(F)c(C(=O)O)c(F)c1. The molecule has 14 heavy (non-hydrogen) atoms. The van der Waals surface area contributed by atoms with Crippen molar-refractivity contribution in [1.29, 1.82) is 0 Å². The standard InChI is InChI=1S/C8H6F2O2.C2H6/c1-4-2-5(9)7(8(11)12)6(10)3-4;1-2/h2-3H,1H3,(H,11,12);1-2H3. The van der Waals surface area contributed by atoms with Gasteiger partial charge in [-0.15, -0.1) is 0 Å². The normalized spacial score (nSPS) is 8.93. The average Bonchev–Trinajstić information content (AvgIpc) is 2.04. The Morgan fingerprint density at radius 3 is 1.86 bits per heavy atom. The number of hydrogen-bond donors (Lipinski definition) is 1. The Labute approximate surface area is 81.2 Å². The molecule has 0 aliphatic carbocycles. The van der Waals surface area contributed by atoms with Crippen molar-refractivity contribution in [2.24, 2.45) is 0 Å². The lowest BCUT2D eigenvalue weighted by Crippen LogP contribution is -2.04. The molecule has 2 nitrogen and oxygen atoms in total. The summed E-state index contributed by atoms with van der Waals surface area (Å²) in [6.07, 6.45) is 0. The zero-order chi connectivity index (χ0) is 11.3. The predicted molar refractivity (Wildman–Crippen MR) is 49.4 cm³/mol. The molecule has 0 fully saturated rings. The van der Waals surface area contributed by atoms with Crippen LogP contribution in [0.3, 0.4) is 0 Å². The molecule has 1 rings (SSSR count). The van der Waals surface area contributed by atoms with E-state index in [4.69, 9.17) is 5.11 Å². The van der Waals surface area contributed by atoms with Crippen LogP contribution < -0.4 is 0 Å². The molecule has 1 N–H and O–H groups in total. The molecule has 0 heterocycles. The highest BCUT2D eigenvalue weighted by atomic mass is 19.1. The summed E-state index contributed by atoms with van der Waals surface area (Å²) in [5.74, 6) is -3.68. The third kappa shape index (κ3) is 2.80. The van der Waals surface area contributed by atoms with Crippen molar-refractivity contribution >= 4 is 5.97 Å². The molecule has 0 aromatic heterocycles. The van der Waals surface area contributed by atoms with Crippen molar-refractivity contribution in [2.75, 3.05) is 0 Å². The maximum atomic E-state index is 12.7. The predicted octanol–water partition coefficient (Wildman–Crippen LogP) is 3.00. The van der Waals surface area contributed by atoms with Gasteiger partial charge in [-0.25, -0.2) is 13.6 Å². The van der Waals surface area contributed by atoms with Crippen molar-refractivity contribution in [2.45, 2.75) is 20.8 Å². The maximum Gasteiger partial charge on any atom is 0.341 e. The van der Waals surface area contributed by atoms with Gasteiger partial charge in [-0.1, -0.05) is 13.8 Å². The summed E-state index contributed by atoms with van der Waals surface area (Å²) in [6.45, 7) is 5.48. The van der Waals surface area contributed by atoms with Crippen molar-refractivity contribution in [3.05, 3.63) is 34.9 Å². The third-order valence-corrected chi connectivity index (χ3v) is 1.40. The molecule has 0 spiro atoms. The van der Waals surface area contributed by atoms with Gasteiger partial charge >= 0.3 is 5.97 Å². The van der Waals surface area contributed by atoms with Gasteiger partial charge in [-0.2, -0.15) is 0 Å². The van der Waals surface area contributed by atoms with Gasteiger partial charge in [-0.3, -0.25) is 0 Å². The first-order valence-corrected chi connectivity index (χ1v) is 4.21. The van der Waals surface area contributed by atoms with Crippen LogP contribution in [0.5, 0.6) is 0 Å². The fourth-order valence-electron chi connectivity index (χ4n) is 0.904. The quantitative estimate of drug-likeness (QED) is 0.760. The van der Waals surface area contributed by atoms with E-state index in [-0.39, 0.29) is 0 Å². The molecule has 4 heteroatoms. The molecule has 0 aliphatic rings. The van der Waals surface area contributed by atoms with Gasteiger partial charge in [0, 0.05) is 0 Å². The van der Waals surface area contributed by atoms with Crippen LogP contribution in [-0.4, -0.2) is 11.1 Å². The van der Waals surface area contributed by atoms with E-state index < -0.39 is 23.2 Å². The minimum atomic E-state index is -1.59. The Balaban J connectivity index is 0.000000791. The van der Waals surface area contributed by atoms with Gasteiger partial charge in [0.25, 0.3) is 0 Å². The maximum absolute atomic E-state index is 12.7. The van der Waals surface area contributed by atoms with E-state index in [9.17, 15) is 13.6 Å². The first kappa shape index (κ1) is 12.6. The second-order valence-corrected chi connectivity index (χ2v) is 2.41. The van der Waals surface area contributed by atoms with E-state index in [0.717, 1.165) is 12.1 Å². The fourth-order valence-corrected chi connectivity index (χ4v) is 0.904. The molecule has 0 unspecified atom stereocenters. The van der Waals surface area contributed by atoms with Gasteiger partial charge in [-0.05, 0) is 24.6 Å². The summed E-state index contributed by atoms with van der Waals surface area (Å²) < 4.78 is 25.5. The lowest BCUT2D eigenvalue weighted by molar-refractivity contribution is 0.0686. The van der Waals surface area contributed by atoms with Crippen LogP contribution >= 0.6 is 0 Å². The molecule has 1 aromatic rings. The van der Waals surface area contributed by atoms with Crippen LogP contribution in [0.25, 0.3) is 0 Å². The fraction of sp³-hybridized carbons (Fsp3) is 0.300. The first-order valence-electron chi connectivity index (χ1n) is 4.21. The number of carbonyl (C=O) groups is 1. The summed E-state index contributed by atoms with van der Waals surface area (Å²) in [7, 11) is 0. The highest BCUT2D eigenvalue weighted by Gasteiger charge is 2.16. The summed E-state index contributed by atoms with van der Waals surface area (Å²) >= 11 is 0. The molecule has 0 saturated heterocycles. The first-order chi connectivity index (χ1) is 6.52. The molecule has 0 saturated carbocycles. The largest absolute Gasteiger partial charge is 0.477 e. The Morgan fingerprint density at radius 1 is 1.21 bits per heavy atom. The second kappa shape index (κ2) is 5.32. The lowest BCUT2D eigenvalue weighted by atomic mass is 10.1. The number of halogens is 2. The summed E-state index contributed by atoms with van der Waals surface area (Å²) in [4.78, 5) is 10.3. The number of benzene rings is 1. The topological polar surface area (TPSA) is 37.3 Å². The Kier molecular flexibility index (Phi) is 4.77. The van der Waals surface area contributed by atoms with Crippen LogP contribution in [-0.2, 0) is 0 Å². The van der Waals surface area contributed by atoms with E-state index in [0.29, 0.717) is 5.56 Å². The second-order valence-electron chi connectivity index (χ2n) is 2.41. The van der Waals surface area contributed by atoms with E-state index >= 15 is 0 Å². The van der Waals surface area contributed by atoms with Gasteiger partial charge in [0.2, 0.25) is 0 Å². The van der Waals surface area contributed by atoms with Crippen molar-refractivity contribution < 1.29 is 18.7 Å². The number of carboxylic acids is 1. The minimum absolute atomic E-state index is 0.356. The third-order valence-electron chi connectivity index (χ3n) is 1.40. The summed E-state index contributed by atoms with van der Waals surface area (Å²) in [6, 6.07) is 1.96. The highest BCUT2D eigenvalue weighted by Crippen LogP contribution is 2.14. The zero-order valence-corrected chi connectivity index (χ0v) is 8.27. The molecule has 0 amide bonds. The monoisotopic (exact) mass is 202 g/mol. The number of aryl methyl sites for hydroxylation is 1. The van der Waals surface area contributed by atoms with Gasteiger partial charge < -0.3 is 5.11 Å². The van der Waals surface area contributed by atoms with Crippen molar-refractivity contribution in [3.8, 4) is 0 Å². The van der Waals surface area contributed by atoms with Gasteiger partial charge in [0.1, 0.15) is 17.2 Å². The molecule has 0 bridgehead atoms. The highest BCUT2D eigenvalue weighted by molar-refractivity contribution is 5.88. The summed E-state index contributed by atoms with van der Waals surface area (Å²) in [5.41, 5.74) is -0.546. The van der Waals surface area contributed by atoms with Crippen LogP contribution in [0.4, 0.5) is 8.78 Å². The van der Waals surface area contributed by atoms with Gasteiger partial charge in [0.05, 0.1) is 0 Å². The van der Waals surface area contributed by atoms with Crippen LogP contribution in [0.2, 0.25) is 0 Å². The van der Waals surface area contributed by atoms with Crippen molar-refractivity contribution in [1.82, 2.24) is 0 Å². The number of hydrogen-bond acceptors (Lipinski definition) is 1. The molecule has 0 atom stereocenters. The van der Waals surface area contributed by atoms with E-state index in [1.54, 1.807) is 0 Å². The summed E-state index contributed by atoms with van der Waals surface area (Å²) in [5, 5.41) is 8.36. The molecule has 0 radical (unpaired) electrons. The lowest BCUT2D eigenvalue weighted by Gasteiger charge is -2.00. The van der Waals surface area contributed by atoms with E-state index in [1.807, 2.05) is 13.8 Å². The zero-order valence-electron chi connectivity index (χ0n) is 8.27. The molecular weight excluding hydrogens is 190 g/mol. The Hall–Kier alpha value is -1.45. The average molecular weight is 202 g/mol. The van der Waals surface area contributed by atoms with Crippen LogP contribution in [0.15, 0.2) is 12.1 Å². The van der Waals surface area contributed by atoms with E-state index in [1.165, 1.54) is 6.92 Å². The molecule has 1 aromatic carbocycles. The molecule has 78 valence electrons. The van der Waals surface area contributed by atoms with Crippen LogP contribution in [0.1, 0.15) is 29.8 Å². The van der Waals surface area contributed by atoms with Gasteiger partial charge in [0.15, 0.2) is 0 Å².